The third kappa shape index (κ3) is 6.02. The molecule has 1 saturated heterocycles. The molecule has 1 fully saturated rings. The second kappa shape index (κ2) is 10.0. The van der Waals surface area contributed by atoms with Crippen molar-refractivity contribution < 1.29 is 18.7 Å². The van der Waals surface area contributed by atoms with Crippen molar-refractivity contribution in [3.05, 3.63) is 59.9 Å². The Bertz CT molecular complexity index is 859. The van der Waals surface area contributed by atoms with E-state index in [9.17, 15) is 14.0 Å². The molecule has 2 aromatic rings. The smallest absolute Gasteiger partial charge is 0.234 e. The third-order valence-electron chi connectivity index (χ3n) is 4.93. The molecule has 0 aromatic heterocycles. The van der Waals surface area contributed by atoms with Crippen molar-refractivity contribution >= 4 is 17.5 Å². The van der Waals surface area contributed by atoms with Gasteiger partial charge in [0.15, 0.2) is 11.6 Å². The normalized spacial score (nSPS) is 16.5. The molecule has 0 radical (unpaired) electrons. The lowest BCUT2D eigenvalue weighted by molar-refractivity contribution is -0.122. The number of carbonyl (C=O) groups is 2. The van der Waals surface area contributed by atoms with Crippen molar-refractivity contribution in [1.82, 2.24) is 4.90 Å². The standard InChI is InChI=1S/C22H26FN3O3/c23-18-8-1-2-10-20(18)29-13-5-11-21(27)25-17-7-3-6-16(14-17)15-26-12-4-9-19(26)22(24)28/h1-3,6-8,10,14,19H,4-5,9,11-13,15H2,(H2,24,28)(H,25,27). The fourth-order valence-corrected chi connectivity index (χ4v) is 3.52. The van der Waals surface area contributed by atoms with Gasteiger partial charge in [0.2, 0.25) is 11.8 Å². The van der Waals surface area contributed by atoms with Gasteiger partial charge in [-0.15, -0.1) is 0 Å². The molecule has 3 N–H and O–H groups in total. The SMILES string of the molecule is NC(=O)C1CCCN1Cc1cccc(NC(=O)CCCOc2ccccc2F)c1. The van der Waals surface area contributed by atoms with E-state index in [0.717, 1.165) is 24.9 Å². The predicted octanol–water partition coefficient (Wildman–Crippen LogP) is 3.07. The summed E-state index contributed by atoms with van der Waals surface area (Å²) in [5.74, 6) is -0.637. The largest absolute Gasteiger partial charge is 0.491 e. The van der Waals surface area contributed by atoms with Crippen LogP contribution < -0.4 is 15.8 Å². The average molecular weight is 399 g/mol. The summed E-state index contributed by atoms with van der Waals surface area (Å²) in [5, 5.41) is 2.87. The van der Waals surface area contributed by atoms with Crippen molar-refractivity contribution in [2.75, 3.05) is 18.5 Å². The fraction of sp³-hybridized carbons (Fsp3) is 0.364. The Hall–Kier alpha value is -2.93. The summed E-state index contributed by atoms with van der Waals surface area (Å²) in [6.45, 7) is 1.72. The van der Waals surface area contributed by atoms with Crippen molar-refractivity contribution in [3.8, 4) is 5.75 Å². The number of benzene rings is 2. The zero-order valence-electron chi connectivity index (χ0n) is 16.3. The lowest BCUT2D eigenvalue weighted by Crippen LogP contribution is -2.39. The molecule has 0 saturated carbocycles. The first kappa shape index (κ1) is 20.8. The number of nitrogens with one attached hydrogen (secondary N) is 1. The Balaban J connectivity index is 1.45. The van der Waals surface area contributed by atoms with Crippen molar-refractivity contribution in [1.29, 1.82) is 0 Å². The molecular formula is C22H26FN3O3. The van der Waals surface area contributed by atoms with Gasteiger partial charge in [-0.05, 0) is 55.6 Å². The quantitative estimate of drug-likeness (QED) is 0.635. The number of primary amides is 1. The second-order valence-corrected chi connectivity index (χ2v) is 7.16. The van der Waals surface area contributed by atoms with E-state index >= 15 is 0 Å². The highest BCUT2D eigenvalue weighted by Gasteiger charge is 2.28. The van der Waals surface area contributed by atoms with E-state index in [4.69, 9.17) is 10.5 Å². The summed E-state index contributed by atoms with van der Waals surface area (Å²) in [4.78, 5) is 25.8. The van der Waals surface area contributed by atoms with Crippen molar-refractivity contribution in [2.45, 2.75) is 38.3 Å². The van der Waals surface area contributed by atoms with Gasteiger partial charge in [-0.1, -0.05) is 24.3 Å². The second-order valence-electron chi connectivity index (χ2n) is 7.16. The number of amides is 2. The van der Waals surface area contributed by atoms with Gasteiger partial charge in [-0.2, -0.15) is 0 Å². The van der Waals surface area contributed by atoms with E-state index < -0.39 is 5.82 Å². The minimum atomic E-state index is -0.412. The molecule has 1 aliphatic heterocycles. The van der Waals surface area contributed by atoms with Gasteiger partial charge >= 0.3 is 0 Å². The minimum absolute atomic E-state index is 0.129. The Morgan fingerprint density at radius 1 is 1.21 bits per heavy atom. The van der Waals surface area contributed by atoms with Crippen LogP contribution in [0.1, 0.15) is 31.2 Å². The van der Waals surface area contributed by atoms with E-state index in [1.165, 1.54) is 6.07 Å². The summed E-state index contributed by atoms with van der Waals surface area (Å²) >= 11 is 0. The molecule has 2 amide bonds. The van der Waals surface area contributed by atoms with Crippen LogP contribution in [-0.2, 0) is 16.1 Å². The summed E-state index contributed by atoms with van der Waals surface area (Å²) in [6.07, 6.45) is 2.50. The van der Waals surface area contributed by atoms with Crippen molar-refractivity contribution in [2.24, 2.45) is 5.73 Å². The number of ether oxygens (including phenoxy) is 1. The molecule has 0 bridgehead atoms. The van der Waals surface area contributed by atoms with Gasteiger partial charge in [0.1, 0.15) is 0 Å². The van der Waals surface area contributed by atoms with E-state index in [-0.39, 0.29) is 36.6 Å². The van der Waals surface area contributed by atoms with Crippen LogP contribution in [0.4, 0.5) is 10.1 Å². The molecule has 1 aliphatic rings. The molecule has 1 heterocycles. The number of rotatable bonds is 9. The highest BCUT2D eigenvalue weighted by molar-refractivity contribution is 5.90. The zero-order chi connectivity index (χ0) is 20.6. The summed E-state index contributed by atoms with van der Waals surface area (Å²) in [5.41, 5.74) is 7.19. The van der Waals surface area contributed by atoms with Crippen molar-refractivity contribution in [3.63, 3.8) is 0 Å². The molecule has 1 unspecified atom stereocenters. The maximum atomic E-state index is 13.5. The minimum Gasteiger partial charge on any atom is -0.491 e. The number of nitrogens with two attached hydrogens (primary N) is 1. The molecule has 6 nitrogen and oxygen atoms in total. The van der Waals surface area contributed by atoms with Crippen LogP contribution in [0.5, 0.6) is 5.75 Å². The van der Waals surface area contributed by atoms with Gasteiger partial charge < -0.3 is 15.8 Å². The first-order valence-corrected chi connectivity index (χ1v) is 9.82. The van der Waals surface area contributed by atoms with E-state index in [2.05, 4.69) is 10.2 Å². The van der Waals surface area contributed by atoms with Crippen LogP contribution in [0.15, 0.2) is 48.5 Å². The Morgan fingerprint density at radius 3 is 2.83 bits per heavy atom. The molecule has 3 rings (SSSR count). The zero-order valence-corrected chi connectivity index (χ0v) is 16.3. The number of likely N-dealkylation sites (tertiary alicyclic amines) is 1. The molecule has 0 aliphatic carbocycles. The first-order valence-electron chi connectivity index (χ1n) is 9.82. The third-order valence-corrected chi connectivity index (χ3v) is 4.93. The monoisotopic (exact) mass is 399 g/mol. The molecule has 0 spiro atoms. The van der Waals surface area contributed by atoms with Gasteiger partial charge in [0.25, 0.3) is 0 Å². The summed E-state index contributed by atoms with van der Waals surface area (Å²) in [7, 11) is 0. The van der Waals surface area contributed by atoms with Gasteiger partial charge in [-0.25, -0.2) is 4.39 Å². The Labute approximate surface area is 169 Å². The van der Waals surface area contributed by atoms with E-state index in [1.54, 1.807) is 18.2 Å². The van der Waals surface area contributed by atoms with Crippen LogP contribution in [0.25, 0.3) is 0 Å². The molecule has 2 aromatic carbocycles. The van der Waals surface area contributed by atoms with Crippen LogP contribution in [0.2, 0.25) is 0 Å². The molecule has 154 valence electrons. The lowest BCUT2D eigenvalue weighted by Gasteiger charge is -2.22. The Kier molecular flexibility index (Phi) is 7.19. The number of para-hydroxylation sites is 1. The average Bonchev–Trinajstić information content (AvgIpc) is 3.15. The number of hydrogen-bond donors (Lipinski definition) is 2. The molecule has 7 heteroatoms. The maximum absolute atomic E-state index is 13.5. The van der Waals surface area contributed by atoms with Crippen LogP contribution in [0.3, 0.4) is 0 Å². The van der Waals surface area contributed by atoms with Crippen LogP contribution >= 0.6 is 0 Å². The van der Waals surface area contributed by atoms with E-state index in [0.29, 0.717) is 18.7 Å². The maximum Gasteiger partial charge on any atom is 0.234 e. The Morgan fingerprint density at radius 2 is 2.03 bits per heavy atom. The predicted molar refractivity (Wildman–Crippen MR) is 109 cm³/mol. The number of hydrogen-bond acceptors (Lipinski definition) is 4. The lowest BCUT2D eigenvalue weighted by atomic mass is 10.1. The number of nitrogens with zero attached hydrogens (tertiary/aromatic N) is 1. The summed E-state index contributed by atoms with van der Waals surface area (Å²) in [6, 6.07) is 13.6. The van der Waals surface area contributed by atoms with Gasteiger partial charge in [0, 0.05) is 18.7 Å². The van der Waals surface area contributed by atoms with Gasteiger partial charge in [0.05, 0.1) is 12.6 Å². The molecular weight excluding hydrogens is 373 g/mol. The van der Waals surface area contributed by atoms with Crippen LogP contribution in [-0.4, -0.2) is 35.9 Å². The molecule has 1 atom stereocenters. The first-order chi connectivity index (χ1) is 14.0. The molecule has 29 heavy (non-hydrogen) atoms. The topological polar surface area (TPSA) is 84.7 Å². The number of carbonyl (C=O) groups excluding carboxylic acids is 2. The fourth-order valence-electron chi connectivity index (χ4n) is 3.52. The summed E-state index contributed by atoms with van der Waals surface area (Å²) < 4.78 is 18.8. The number of halogens is 1. The van der Waals surface area contributed by atoms with E-state index in [1.807, 2.05) is 24.3 Å². The highest BCUT2D eigenvalue weighted by Crippen LogP contribution is 2.21. The van der Waals surface area contributed by atoms with Gasteiger partial charge in [-0.3, -0.25) is 14.5 Å². The number of anilines is 1. The highest BCUT2D eigenvalue weighted by atomic mass is 19.1. The van der Waals surface area contributed by atoms with Crippen LogP contribution in [0, 0.1) is 5.82 Å².